The number of carbonyl (C=O) groups is 8. The molecule has 2 aromatic heterocycles. The number of amides is 8. The van der Waals surface area contributed by atoms with Gasteiger partial charge in [0.25, 0.3) is 0 Å². The van der Waals surface area contributed by atoms with Crippen molar-refractivity contribution in [2.45, 2.75) is 114 Å². The van der Waals surface area contributed by atoms with E-state index in [2.05, 4.69) is 41.9 Å². The number of para-hydroxylation sites is 1. The first-order valence-corrected chi connectivity index (χ1v) is 21.6. The van der Waals surface area contributed by atoms with Crippen LogP contribution in [0.2, 0.25) is 0 Å². The average Bonchev–Trinajstić information content (AvgIpc) is 4.10. The molecular formula is C43H57N13O8. The molecule has 2 saturated heterocycles. The van der Waals surface area contributed by atoms with E-state index in [0.717, 1.165) is 16.5 Å². The molecule has 0 spiro atoms. The van der Waals surface area contributed by atoms with Crippen LogP contribution in [0.4, 0.5) is 0 Å². The lowest BCUT2D eigenvalue weighted by atomic mass is 9.96. The van der Waals surface area contributed by atoms with Gasteiger partial charge in [0, 0.05) is 43.0 Å². The molecule has 8 atom stereocenters. The lowest BCUT2D eigenvalue weighted by Gasteiger charge is -2.33. The third kappa shape index (κ3) is 11.4. The summed E-state index contributed by atoms with van der Waals surface area (Å²) in [5.74, 6) is -6.75. The van der Waals surface area contributed by atoms with Crippen LogP contribution in [-0.2, 0) is 44.8 Å². The zero-order chi connectivity index (χ0) is 46.1. The molecule has 21 heteroatoms. The molecule has 1 aliphatic carbocycles. The van der Waals surface area contributed by atoms with Crippen molar-refractivity contribution in [3.05, 3.63) is 66.1 Å². The molecule has 2 aliphatic heterocycles. The molecule has 3 aromatic rings. The van der Waals surface area contributed by atoms with Crippen LogP contribution in [0.3, 0.4) is 0 Å². The predicted molar refractivity (Wildman–Crippen MR) is 233 cm³/mol. The lowest BCUT2D eigenvalue weighted by molar-refractivity contribution is -0.143. The highest BCUT2D eigenvalue weighted by atomic mass is 16.2. The van der Waals surface area contributed by atoms with Gasteiger partial charge >= 0.3 is 0 Å². The summed E-state index contributed by atoms with van der Waals surface area (Å²) in [6.07, 6.45) is 10.0. The van der Waals surface area contributed by atoms with E-state index in [9.17, 15) is 38.4 Å². The lowest BCUT2D eigenvalue weighted by Crippen LogP contribution is -2.60. The van der Waals surface area contributed by atoms with Gasteiger partial charge in [-0.3, -0.25) is 38.4 Å². The van der Waals surface area contributed by atoms with Crippen LogP contribution >= 0.6 is 0 Å². The van der Waals surface area contributed by atoms with Gasteiger partial charge in [-0.2, -0.15) is 0 Å². The number of nitrogens with zero attached hydrogens (tertiary/aromatic N) is 4. The maximum absolute atomic E-state index is 14.9. The minimum atomic E-state index is -1.57. The Hall–Kier alpha value is -6.90. The molecule has 64 heavy (non-hydrogen) atoms. The monoisotopic (exact) mass is 883 g/mol. The van der Waals surface area contributed by atoms with Gasteiger partial charge in [-0.15, -0.1) is 5.10 Å². The molecule has 0 saturated carbocycles. The molecular weight excluding hydrogens is 827 g/mol. The van der Waals surface area contributed by atoms with Gasteiger partial charge in [0.2, 0.25) is 47.3 Å². The number of hydrogen-bond acceptors (Lipinski definition) is 11. The van der Waals surface area contributed by atoms with Crippen molar-refractivity contribution in [2.75, 3.05) is 13.1 Å². The molecule has 0 radical (unpaired) electrons. The van der Waals surface area contributed by atoms with E-state index in [1.807, 2.05) is 42.5 Å². The van der Waals surface area contributed by atoms with Crippen molar-refractivity contribution in [3.63, 3.8) is 0 Å². The van der Waals surface area contributed by atoms with Crippen molar-refractivity contribution in [1.82, 2.24) is 51.5 Å². The van der Waals surface area contributed by atoms with Gasteiger partial charge in [0.15, 0.2) is 0 Å². The van der Waals surface area contributed by atoms with Crippen LogP contribution in [0.25, 0.3) is 16.5 Å². The number of nitrogens with two attached hydrogens (primary N) is 3. The number of fused-ring (bicyclic) bond motifs is 2. The van der Waals surface area contributed by atoms with Gasteiger partial charge in [0.05, 0.1) is 31.1 Å². The fourth-order valence-electron chi connectivity index (χ4n) is 8.16. The summed E-state index contributed by atoms with van der Waals surface area (Å²) in [4.78, 5) is 113. The zero-order valence-corrected chi connectivity index (χ0v) is 35.9. The topological polar surface area (TPSA) is 325 Å². The Morgan fingerprint density at radius 3 is 2.41 bits per heavy atom. The Kier molecular flexibility index (Phi) is 15.3. The number of primary amides is 2. The highest BCUT2D eigenvalue weighted by molar-refractivity contribution is 5.99. The van der Waals surface area contributed by atoms with E-state index in [0.29, 0.717) is 36.9 Å². The first kappa shape index (κ1) is 46.6. The Morgan fingerprint density at radius 2 is 1.69 bits per heavy atom. The Morgan fingerprint density at radius 1 is 0.938 bits per heavy atom. The van der Waals surface area contributed by atoms with Gasteiger partial charge in [-0.05, 0) is 48.8 Å². The highest BCUT2D eigenvalue weighted by Crippen LogP contribution is 2.31. The molecule has 3 aliphatic rings. The minimum absolute atomic E-state index is 0.0144. The number of hydrogen-bond donors (Lipinski definition) is 9. The van der Waals surface area contributed by atoms with Gasteiger partial charge < -0.3 is 53.7 Å². The van der Waals surface area contributed by atoms with E-state index < -0.39 is 108 Å². The molecule has 4 heterocycles. The second-order valence-corrected chi connectivity index (χ2v) is 16.7. The molecule has 2 fully saturated rings. The van der Waals surface area contributed by atoms with Gasteiger partial charge in [-0.25, -0.2) is 4.68 Å². The van der Waals surface area contributed by atoms with Crippen molar-refractivity contribution in [3.8, 4) is 0 Å². The van der Waals surface area contributed by atoms with E-state index in [1.165, 1.54) is 4.90 Å². The summed E-state index contributed by atoms with van der Waals surface area (Å²) in [7, 11) is 0. The molecule has 6 rings (SSSR count). The fraction of sp³-hybridized carbons (Fsp3) is 0.488. The Balaban J connectivity index is 1.38. The predicted octanol–water partition coefficient (Wildman–Crippen LogP) is -1.15. The summed E-state index contributed by atoms with van der Waals surface area (Å²) >= 11 is 0. The largest absolute Gasteiger partial charge is 0.370 e. The number of H-pyrrole nitrogens is 1. The number of carbonyl (C=O) groups excluding carboxylic acids is 8. The maximum Gasteiger partial charge on any atom is 0.246 e. The standard InChI is InChI=1S/C43H57N13O8/c1-3-23(2)37-43(64)55-21-26(56-22-33(53-54-56)24-10-4-5-11-24)17-34(55)42(63)51-31(16-25-20-48-29-13-7-6-12-27(25)29)40(61)49-30(38(46)59)14-8-9-15-47-36(58)18-28(44)39(60)50-32(19-35(45)57)41(62)52-37/h4-7,10,12-13,20,22-23,26,28,30-32,34,37,48H,3,8-9,11,14-19,21,44H2,1-2H3,(H2,45,57)(H2,46,59)(H,47,58)(H,49,61)(H,50,60)(H,51,63)(H,52,62)/t23-,26-,28+,30+,31-,32-,34-,37-/m0/s1. The molecule has 8 amide bonds. The number of allylic oxidation sites excluding steroid dienone is 4. The number of aromatic nitrogens is 4. The number of benzene rings is 1. The highest BCUT2D eigenvalue weighted by Gasteiger charge is 2.45. The second-order valence-electron chi connectivity index (χ2n) is 16.7. The van der Waals surface area contributed by atoms with Crippen molar-refractivity contribution in [1.29, 1.82) is 0 Å². The number of aromatic amines is 1. The summed E-state index contributed by atoms with van der Waals surface area (Å²) in [6, 6.07) is -1.06. The molecule has 12 N–H and O–H groups in total. The smallest absolute Gasteiger partial charge is 0.246 e. The van der Waals surface area contributed by atoms with Gasteiger partial charge in [0.1, 0.15) is 35.9 Å². The quantitative estimate of drug-likeness (QED) is 0.124. The Labute approximate surface area is 369 Å². The fourth-order valence-corrected chi connectivity index (χ4v) is 8.16. The van der Waals surface area contributed by atoms with E-state index in [-0.39, 0.29) is 32.4 Å². The van der Waals surface area contributed by atoms with E-state index in [4.69, 9.17) is 17.2 Å². The minimum Gasteiger partial charge on any atom is -0.370 e. The third-order valence-corrected chi connectivity index (χ3v) is 12.0. The molecule has 0 bridgehead atoms. The molecule has 21 nitrogen and oxygen atoms in total. The van der Waals surface area contributed by atoms with Crippen molar-refractivity contribution < 1.29 is 38.4 Å². The molecule has 0 unspecified atom stereocenters. The van der Waals surface area contributed by atoms with Crippen LogP contribution < -0.4 is 43.8 Å². The van der Waals surface area contributed by atoms with E-state index >= 15 is 0 Å². The normalized spacial score (nSPS) is 26.3. The number of nitrogens with one attached hydrogen (secondary N) is 6. The second kappa shape index (κ2) is 21.0. The number of rotatable bonds is 9. The van der Waals surface area contributed by atoms with Crippen molar-refractivity contribution >= 4 is 63.7 Å². The summed E-state index contributed by atoms with van der Waals surface area (Å²) in [5, 5.41) is 22.9. The van der Waals surface area contributed by atoms with Crippen LogP contribution in [0.1, 0.15) is 82.5 Å². The first-order chi connectivity index (χ1) is 30.6. The van der Waals surface area contributed by atoms with Crippen LogP contribution in [0, 0.1) is 5.92 Å². The van der Waals surface area contributed by atoms with Crippen LogP contribution in [-0.4, -0.2) is 121 Å². The third-order valence-electron chi connectivity index (χ3n) is 12.0. The van der Waals surface area contributed by atoms with Crippen molar-refractivity contribution in [2.24, 2.45) is 23.1 Å². The van der Waals surface area contributed by atoms with Crippen LogP contribution in [0.15, 0.2) is 54.9 Å². The SMILES string of the molecule is CC[C@H](C)[C@@H]1NC(=O)[C@H](CC(N)=O)NC(=O)[C@H](N)CC(=O)NCCCC[C@H](C(N)=O)NC(=O)[C@H](Cc2c[nH]c3ccccc23)NC(=O)[C@@H]2C[C@H](n3cc(C4=CC=CC4)nn3)CN2C1=O. The zero-order valence-electron chi connectivity index (χ0n) is 35.9. The summed E-state index contributed by atoms with van der Waals surface area (Å²) in [5.41, 5.74) is 20.3. The Bertz CT molecular complexity index is 2320. The maximum atomic E-state index is 14.9. The van der Waals surface area contributed by atoms with Gasteiger partial charge in [-0.1, -0.05) is 61.9 Å². The summed E-state index contributed by atoms with van der Waals surface area (Å²) < 4.78 is 1.59. The van der Waals surface area contributed by atoms with Crippen LogP contribution in [0.5, 0.6) is 0 Å². The molecule has 1 aromatic carbocycles. The average molecular weight is 884 g/mol. The molecule has 342 valence electrons. The first-order valence-electron chi connectivity index (χ1n) is 21.6. The van der Waals surface area contributed by atoms with E-state index in [1.54, 1.807) is 30.9 Å². The summed E-state index contributed by atoms with van der Waals surface area (Å²) in [6.45, 7) is 3.60.